The van der Waals surface area contributed by atoms with E-state index in [1.54, 1.807) is 11.0 Å². The summed E-state index contributed by atoms with van der Waals surface area (Å²) in [5.41, 5.74) is 4.73. The summed E-state index contributed by atoms with van der Waals surface area (Å²) in [5.74, 6) is 0.220. The monoisotopic (exact) mass is 586 g/mol. The number of fused-ring (bicyclic) bond motifs is 3. The van der Waals surface area contributed by atoms with Gasteiger partial charge in [0, 0.05) is 25.7 Å². The molecule has 0 radical (unpaired) electrons. The lowest BCUT2D eigenvalue weighted by Gasteiger charge is -2.43. The summed E-state index contributed by atoms with van der Waals surface area (Å²) >= 11 is 0. The van der Waals surface area contributed by atoms with Gasteiger partial charge < -0.3 is 19.2 Å². The third kappa shape index (κ3) is 6.18. The number of piperidine rings is 1. The van der Waals surface area contributed by atoms with Gasteiger partial charge in [0.2, 0.25) is 11.8 Å². The molecule has 8 nitrogen and oxygen atoms in total. The number of benzene rings is 1. The van der Waals surface area contributed by atoms with Crippen LogP contribution in [0.25, 0.3) is 6.08 Å². The predicted molar refractivity (Wildman–Crippen MR) is 164 cm³/mol. The number of aliphatic hydroxyl groups is 1. The van der Waals surface area contributed by atoms with Crippen molar-refractivity contribution in [2.45, 2.75) is 84.0 Å². The van der Waals surface area contributed by atoms with Crippen molar-refractivity contribution in [3.63, 3.8) is 0 Å². The fraction of sp³-hybridized carbons (Fsp3) is 0.529. The summed E-state index contributed by atoms with van der Waals surface area (Å²) in [6, 6.07) is 14.0. The molecule has 0 saturated carbocycles. The van der Waals surface area contributed by atoms with Crippen molar-refractivity contribution in [2.75, 3.05) is 13.1 Å². The van der Waals surface area contributed by atoms with Crippen molar-refractivity contribution in [1.82, 2.24) is 9.80 Å². The van der Waals surface area contributed by atoms with Crippen molar-refractivity contribution in [2.24, 2.45) is 17.8 Å². The second-order valence-electron chi connectivity index (χ2n) is 12.7. The summed E-state index contributed by atoms with van der Waals surface area (Å²) in [4.78, 5) is 32.0. The van der Waals surface area contributed by atoms with E-state index in [4.69, 9.17) is 9.07 Å². The Bertz CT molecular complexity index is 1380. The Balaban J connectivity index is 1.15. The molecule has 0 unspecified atom stereocenters. The quantitative estimate of drug-likeness (QED) is 0.247. The summed E-state index contributed by atoms with van der Waals surface area (Å²) in [7, 11) is -0.963. The topological polar surface area (TPSA) is 103 Å². The molecule has 2 amide bonds. The molecule has 3 aliphatic heterocycles. The first-order chi connectivity index (χ1) is 20.9. The number of likely N-dealkylation sites (tertiary alicyclic amines) is 2. The molecule has 1 aromatic heterocycles. The maximum atomic E-state index is 14.1. The molecule has 1 aliphatic carbocycles. The van der Waals surface area contributed by atoms with Gasteiger partial charge in [0.05, 0.1) is 17.9 Å². The molecule has 9 heteroatoms. The fourth-order valence-corrected chi connectivity index (χ4v) is 7.90. The lowest BCUT2D eigenvalue weighted by molar-refractivity contribution is -0.144. The number of amides is 2. The molecule has 6 rings (SSSR count). The van der Waals surface area contributed by atoms with E-state index in [1.165, 1.54) is 11.1 Å². The minimum Gasteiger partial charge on any atom is -0.459 e. The van der Waals surface area contributed by atoms with Crippen LogP contribution in [-0.2, 0) is 27.4 Å². The van der Waals surface area contributed by atoms with Gasteiger partial charge >= 0.3 is 7.12 Å². The molecular formula is C34H43BN2O6. The number of imide groups is 1. The largest absolute Gasteiger partial charge is 0.459 e. The van der Waals surface area contributed by atoms with Crippen LogP contribution in [0.4, 0.5) is 0 Å². The van der Waals surface area contributed by atoms with Gasteiger partial charge in [0.15, 0.2) is 0 Å². The van der Waals surface area contributed by atoms with Crippen LogP contribution in [0.1, 0.15) is 69.5 Å². The minimum atomic E-state index is -0.963. The van der Waals surface area contributed by atoms with E-state index < -0.39 is 13.0 Å². The maximum absolute atomic E-state index is 14.1. The Morgan fingerprint density at radius 3 is 2.53 bits per heavy atom. The first-order valence-electron chi connectivity index (χ1n) is 15.9. The zero-order valence-electron chi connectivity index (χ0n) is 25.3. The molecule has 3 fully saturated rings. The highest BCUT2D eigenvalue weighted by Crippen LogP contribution is 2.52. The number of carbonyl (C=O) groups is 2. The summed E-state index contributed by atoms with van der Waals surface area (Å²) in [5, 5.41) is 20.1. The third-order valence-corrected chi connectivity index (χ3v) is 9.97. The van der Waals surface area contributed by atoms with E-state index in [1.807, 2.05) is 25.1 Å². The normalized spacial score (nSPS) is 27.2. The van der Waals surface area contributed by atoms with Gasteiger partial charge in [-0.1, -0.05) is 48.4 Å². The zero-order valence-corrected chi connectivity index (χ0v) is 25.3. The predicted octanol–water partition coefficient (Wildman–Crippen LogP) is 4.83. The molecule has 2 N–H and O–H groups in total. The molecule has 4 atom stereocenters. The van der Waals surface area contributed by atoms with Crippen molar-refractivity contribution in [3.05, 3.63) is 76.3 Å². The third-order valence-electron chi connectivity index (χ3n) is 9.97. The van der Waals surface area contributed by atoms with Gasteiger partial charge in [0.1, 0.15) is 18.1 Å². The van der Waals surface area contributed by atoms with Crippen molar-refractivity contribution < 1.29 is 28.8 Å². The van der Waals surface area contributed by atoms with Crippen LogP contribution in [0.3, 0.4) is 0 Å². The van der Waals surface area contributed by atoms with Gasteiger partial charge in [-0.3, -0.25) is 19.4 Å². The molecule has 4 heterocycles. The van der Waals surface area contributed by atoms with Crippen LogP contribution in [-0.4, -0.2) is 64.1 Å². The highest BCUT2D eigenvalue weighted by atomic mass is 16.5. The fourth-order valence-electron chi connectivity index (χ4n) is 7.90. The van der Waals surface area contributed by atoms with Crippen molar-refractivity contribution in [1.29, 1.82) is 0 Å². The second-order valence-corrected chi connectivity index (χ2v) is 12.7. The van der Waals surface area contributed by atoms with Gasteiger partial charge in [-0.25, -0.2) is 0 Å². The highest BCUT2D eigenvalue weighted by molar-refractivity contribution is 6.43. The Labute approximate surface area is 254 Å². The number of hydrogen-bond acceptors (Lipinski definition) is 7. The Kier molecular flexibility index (Phi) is 9.05. The highest BCUT2D eigenvalue weighted by Gasteiger charge is 2.58. The number of furan rings is 1. The smallest absolute Gasteiger partial charge is 0.455 e. The second kappa shape index (κ2) is 12.9. The standard InChI is InChI=1S/C34H43BN2O6/c1-3-24-18-28-32(34(40)37(33(28)39)25-13-15-36(16-14-25)20-23-7-5-4-6-8-23)29-19-35(41)43-30(31(24)29)12-9-22(2)17-26-10-11-27(21-38)42-26/h4-8,10-11,17,25,28-30,32,38,41H,3,9,12-16,18-21H2,1-2H3/b22-17+/t28-,29+,30-,32-/m1/s1. The van der Waals surface area contributed by atoms with Crippen LogP contribution in [0.5, 0.6) is 0 Å². The maximum Gasteiger partial charge on any atom is 0.455 e. The molecule has 43 heavy (non-hydrogen) atoms. The summed E-state index contributed by atoms with van der Waals surface area (Å²) in [6.45, 7) is 6.62. The first-order valence-corrected chi connectivity index (χ1v) is 15.9. The molecule has 2 aromatic rings. The van der Waals surface area contributed by atoms with Crippen LogP contribution < -0.4 is 0 Å². The Morgan fingerprint density at radius 1 is 1.07 bits per heavy atom. The first kappa shape index (κ1) is 30.1. The molecule has 0 spiro atoms. The lowest BCUT2D eigenvalue weighted by Crippen LogP contribution is -2.48. The van der Waals surface area contributed by atoms with E-state index in [-0.39, 0.29) is 42.4 Å². The lowest BCUT2D eigenvalue weighted by atomic mass is 9.58. The molecule has 4 aliphatic rings. The number of hydrogen-bond donors (Lipinski definition) is 2. The van der Waals surface area contributed by atoms with E-state index in [9.17, 15) is 19.7 Å². The SMILES string of the molecule is CCC1=C2[C@@H](CC/C(C)=C/c3ccc(CO)o3)OB(O)C[C@@H]2[C@@H]2C(=O)N(C3CCN(Cc4ccccc4)CC3)C(=O)[C@@H]2C1. The van der Waals surface area contributed by atoms with Crippen LogP contribution in [0, 0.1) is 17.8 Å². The number of carbonyl (C=O) groups excluding carboxylic acids is 2. The summed E-state index contributed by atoms with van der Waals surface area (Å²) < 4.78 is 11.7. The van der Waals surface area contributed by atoms with Gasteiger partial charge in [-0.15, -0.1) is 0 Å². The van der Waals surface area contributed by atoms with Crippen LogP contribution in [0.2, 0.25) is 6.32 Å². The number of rotatable bonds is 9. The molecule has 228 valence electrons. The number of aliphatic hydroxyl groups excluding tert-OH is 1. The van der Waals surface area contributed by atoms with Gasteiger partial charge in [-0.05, 0) is 87.0 Å². The van der Waals surface area contributed by atoms with Crippen LogP contribution in [0.15, 0.2) is 63.6 Å². The van der Waals surface area contributed by atoms with E-state index in [2.05, 4.69) is 36.1 Å². The van der Waals surface area contributed by atoms with E-state index in [0.717, 1.165) is 56.5 Å². The molecular weight excluding hydrogens is 543 g/mol. The average molecular weight is 587 g/mol. The van der Waals surface area contributed by atoms with Crippen molar-refractivity contribution in [3.8, 4) is 0 Å². The van der Waals surface area contributed by atoms with Gasteiger partial charge in [-0.2, -0.15) is 0 Å². The number of allylic oxidation sites excluding steroid dienone is 2. The average Bonchev–Trinajstić information content (AvgIpc) is 3.57. The Morgan fingerprint density at radius 2 is 1.84 bits per heavy atom. The number of nitrogens with zero attached hydrogens (tertiary/aromatic N) is 2. The minimum absolute atomic E-state index is 0.0153. The van der Waals surface area contributed by atoms with E-state index >= 15 is 0 Å². The molecule has 0 bridgehead atoms. The molecule has 3 saturated heterocycles. The summed E-state index contributed by atoms with van der Waals surface area (Å²) in [6.07, 6.45) is 6.41. The zero-order chi connectivity index (χ0) is 30.1. The Hall–Kier alpha value is -2.98. The van der Waals surface area contributed by atoms with E-state index in [0.29, 0.717) is 30.7 Å². The van der Waals surface area contributed by atoms with Gasteiger partial charge in [0.25, 0.3) is 0 Å². The van der Waals surface area contributed by atoms with Crippen LogP contribution >= 0.6 is 0 Å². The molecule has 1 aromatic carbocycles. The van der Waals surface area contributed by atoms with Crippen molar-refractivity contribution >= 4 is 25.0 Å².